The van der Waals surface area contributed by atoms with Crippen molar-refractivity contribution in [3.05, 3.63) is 35.4 Å². The van der Waals surface area contributed by atoms with E-state index in [0.29, 0.717) is 12.5 Å². The van der Waals surface area contributed by atoms with Gasteiger partial charge < -0.3 is 10.5 Å². The summed E-state index contributed by atoms with van der Waals surface area (Å²) in [5, 5.41) is 0. The molecule has 2 nitrogen and oxygen atoms in total. The van der Waals surface area contributed by atoms with Gasteiger partial charge in [0.05, 0.1) is 6.10 Å². The molecule has 1 aromatic rings. The smallest absolute Gasteiger partial charge is 0.0549 e. The van der Waals surface area contributed by atoms with Crippen LogP contribution < -0.4 is 5.73 Å². The number of rotatable bonds is 5. The van der Waals surface area contributed by atoms with Crippen LogP contribution in [-0.2, 0) is 4.74 Å². The zero-order chi connectivity index (χ0) is 11.3. The van der Waals surface area contributed by atoms with Crippen molar-refractivity contribution in [1.29, 1.82) is 0 Å². The zero-order valence-corrected chi connectivity index (χ0v) is 9.86. The maximum absolute atomic E-state index is 5.80. The van der Waals surface area contributed by atoms with Crippen molar-refractivity contribution in [2.24, 2.45) is 5.73 Å². The minimum atomic E-state index is 0.263. The summed E-state index contributed by atoms with van der Waals surface area (Å²) in [4.78, 5) is 0. The van der Waals surface area contributed by atoms with E-state index in [4.69, 9.17) is 10.5 Å². The second kappa shape index (κ2) is 5.89. The van der Waals surface area contributed by atoms with Crippen LogP contribution in [0.1, 0.15) is 30.4 Å². The SMILES string of the molecule is COC(C)CC(CN)c1cccc(C)c1. The molecule has 2 heteroatoms. The van der Waals surface area contributed by atoms with Crippen molar-refractivity contribution >= 4 is 0 Å². The first kappa shape index (κ1) is 12.2. The molecular formula is C13H21NO. The summed E-state index contributed by atoms with van der Waals surface area (Å²) in [6.07, 6.45) is 1.25. The molecule has 15 heavy (non-hydrogen) atoms. The maximum Gasteiger partial charge on any atom is 0.0549 e. The predicted octanol–water partition coefficient (Wildman–Crippen LogP) is 2.46. The number of nitrogens with two attached hydrogens (primary N) is 1. The Morgan fingerprint density at radius 2 is 2.13 bits per heavy atom. The Morgan fingerprint density at radius 3 is 2.67 bits per heavy atom. The minimum absolute atomic E-state index is 0.263. The van der Waals surface area contributed by atoms with Gasteiger partial charge in [-0.05, 0) is 38.3 Å². The molecule has 2 atom stereocenters. The fourth-order valence-electron chi connectivity index (χ4n) is 1.79. The third-order valence-corrected chi connectivity index (χ3v) is 2.82. The van der Waals surface area contributed by atoms with Gasteiger partial charge in [-0.25, -0.2) is 0 Å². The van der Waals surface area contributed by atoms with Gasteiger partial charge in [-0.2, -0.15) is 0 Å². The van der Waals surface area contributed by atoms with Crippen molar-refractivity contribution in [2.45, 2.75) is 32.3 Å². The standard InChI is InChI=1S/C13H21NO/c1-10-5-4-6-12(7-10)13(9-14)8-11(2)15-3/h4-7,11,13H,8-9,14H2,1-3H3. The summed E-state index contributed by atoms with van der Waals surface area (Å²) in [5.41, 5.74) is 8.41. The van der Waals surface area contributed by atoms with Crippen molar-refractivity contribution in [3.8, 4) is 0 Å². The van der Waals surface area contributed by atoms with Crippen LogP contribution in [0.2, 0.25) is 0 Å². The Kier molecular flexibility index (Phi) is 4.79. The number of hydrogen-bond acceptors (Lipinski definition) is 2. The topological polar surface area (TPSA) is 35.2 Å². The van der Waals surface area contributed by atoms with E-state index in [9.17, 15) is 0 Å². The largest absolute Gasteiger partial charge is 0.382 e. The van der Waals surface area contributed by atoms with Crippen LogP contribution in [0, 0.1) is 6.92 Å². The molecule has 0 bridgehead atoms. The minimum Gasteiger partial charge on any atom is -0.382 e. The van der Waals surface area contributed by atoms with Gasteiger partial charge in [-0.15, -0.1) is 0 Å². The molecule has 0 saturated carbocycles. The third-order valence-electron chi connectivity index (χ3n) is 2.82. The molecule has 1 rings (SSSR count). The number of benzene rings is 1. The quantitative estimate of drug-likeness (QED) is 0.805. The summed E-state index contributed by atoms with van der Waals surface area (Å²) >= 11 is 0. The number of methoxy groups -OCH3 is 1. The highest BCUT2D eigenvalue weighted by Crippen LogP contribution is 2.21. The average Bonchev–Trinajstić information content (AvgIpc) is 2.25. The number of ether oxygens (including phenoxy) is 1. The molecule has 0 aromatic heterocycles. The van der Waals surface area contributed by atoms with E-state index in [0.717, 1.165) is 6.42 Å². The highest BCUT2D eigenvalue weighted by molar-refractivity contribution is 5.25. The Hall–Kier alpha value is -0.860. The summed E-state index contributed by atoms with van der Waals surface area (Å²) < 4.78 is 5.28. The van der Waals surface area contributed by atoms with Gasteiger partial charge >= 0.3 is 0 Å². The lowest BCUT2D eigenvalue weighted by Crippen LogP contribution is -2.18. The second-order valence-electron chi connectivity index (χ2n) is 4.13. The molecule has 84 valence electrons. The summed E-state index contributed by atoms with van der Waals surface area (Å²) in [5.74, 6) is 0.403. The summed E-state index contributed by atoms with van der Waals surface area (Å²) in [7, 11) is 1.74. The molecule has 0 aliphatic heterocycles. The van der Waals surface area contributed by atoms with E-state index in [2.05, 4.69) is 38.1 Å². The van der Waals surface area contributed by atoms with Crippen LogP contribution in [0.5, 0.6) is 0 Å². The van der Waals surface area contributed by atoms with E-state index in [1.807, 2.05) is 0 Å². The van der Waals surface area contributed by atoms with Crippen molar-refractivity contribution in [3.63, 3.8) is 0 Å². The molecule has 2 N–H and O–H groups in total. The van der Waals surface area contributed by atoms with Crippen molar-refractivity contribution < 1.29 is 4.74 Å². The monoisotopic (exact) mass is 207 g/mol. The molecule has 1 aromatic carbocycles. The Bertz CT molecular complexity index is 298. The Balaban J connectivity index is 2.73. The van der Waals surface area contributed by atoms with Crippen LogP contribution in [0.3, 0.4) is 0 Å². The van der Waals surface area contributed by atoms with E-state index >= 15 is 0 Å². The Labute approximate surface area is 92.4 Å². The molecule has 2 unspecified atom stereocenters. The molecule has 0 saturated heterocycles. The van der Waals surface area contributed by atoms with Gasteiger partial charge in [-0.3, -0.25) is 0 Å². The molecule has 0 aliphatic carbocycles. The highest BCUT2D eigenvalue weighted by Gasteiger charge is 2.13. The van der Waals surface area contributed by atoms with E-state index in [1.165, 1.54) is 11.1 Å². The fourth-order valence-corrected chi connectivity index (χ4v) is 1.79. The van der Waals surface area contributed by atoms with Gasteiger partial charge in [0.2, 0.25) is 0 Å². The normalized spacial score (nSPS) is 14.9. The average molecular weight is 207 g/mol. The van der Waals surface area contributed by atoms with E-state index in [1.54, 1.807) is 7.11 Å². The molecule has 0 radical (unpaired) electrons. The first-order chi connectivity index (χ1) is 7.17. The van der Waals surface area contributed by atoms with E-state index in [-0.39, 0.29) is 6.10 Å². The maximum atomic E-state index is 5.80. The lowest BCUT2D eigenvalue weighted by molar-refractivity contribution is 0.105. The zero-order valence-electron chi connectivity index (χ0n) is 9.86. The highest BCUT2D eigenvalue weighted by atomic mass is 16.5. The van der Waals surface area contributed by atoms with Gasteiger partial charge in [-0.1, -0.05) is 29.8 Å². The summed E-state index contributed by atoms with van der Waals surface area (Å²) in [6.45, 7) is 4.87. The molecule has 0 aliphatic rings. The molecule has 0 heterocycles. The first-order valence-electron chi connectivity index (χ1n) is 5.46. The summed E-state index contributed by atoms with van der Waals surface area (Å²) in [6, 6.07) is 8.55. The molecule has 0 fully saturated rings. The lowest BCUT2D eigenvalue weighted by Gasteiger charge is -2.19. The van der Waals surface area contributed by atoms with Gasteiger partial charge in [0.1, 0.15) is 0 Å². The fraction of sp³-hybridized carbons (Fsp3) is 0.538. The van der Waals surface area contributed by atoms with Crippen LogP contribution in [0.15, 0.2) is 24.3 Å². The molecule has 0 amide bonds. The predicted molar refractivity (Wildman–Crippen MR) is 64.1 cm³/mol. The van der Waals surface area contributed by atoms with Gasteiger partial charge in [0, 0.05) is 7.11 Å². The van der Waals surface area contributed by atoms with Crippen LogP contribution in [0.25, 0.3) is 0 Å². The Morgan fingerprint density at radius 1 is 1.40 bits per heavy atom. The number of hydrogen-bond donors (Lipinski definition) is 1. The lowest BCUT2D eigenvalue weighted by atomic mass is 9.92. The van der Waals surface area contributed by atoms with Crippen LogP contribution in [-0.4, -0.2) is 19.8 Å². The second-order valence-corrected chi connectivity index (χ2v) is 4.13. The van der Waals surface area contributed by atoms with E-state index < -0.39 is 0 Å². The van der Waals surface area contributed by atoms with Crippen LogP contribution >= 0.6 is 0 Å². The first-order valence-corrected chi connectivity index (χ1v) is 5.46. The van der Waals surface area contributed by atoms with Gasteiger partial charge in [0.15, 0.2) is 0 Å². The van der Waals surface area contributed by atoms with Crippen molar-refractivity contribution in [2.75, 3.05) is 13.7 Å². The van der Waals surface area contributed by atoms with Gasteiger partial charge in [0.25, 0.3) is 0 Å². The third kappa shape index (κ3) is 3.65. The number of aryl methyl sites for hydroxylation is 1. The molecular weight excluding hydrogens is 186 g/mol. The van der Waals surface area contributed by atoms with Crippen LogP contribution in [0.4, 0.5) is 0 Å². The molecule has 0 spiro atoms. The van der Waals surface area contributed by atoms with Crippen molar-refractivity contribution in [1.82, 2.24) is 0 Å².